The highest BCUT2D eigenvalue weighted by Gasteiger charge is 2.04. The number of aromatic hydroxyl groups is 1. The Morgan fingerprint density at radius 1 is 1.04 bits per heavy atom. The van der Waals surface area contributed by atoms with Crippen molar-refractivity contribution in [3.63, 3.8) is 0 Å². The first-order valence-corrected chi connectivity index (χ1v) is 9.45. The molecule has 0 bridgehead atoms. The zero-order valence-electron chi connectivity index (χ0n) is 15.0. The molecule has 0 aliphatic heterocycles. The van der Waals surface area contributed by atoms with Crippen LogP contribution in [0.1, 0.15) is 16.7 Å². The fourth-order valence-electron chi connectivity index (χ4n) is 2.51. The van der Waals surface area contributed by atoms with E-state index in [9.17, 15) is 9.90 Å². The normalized spacial score (nSPS) is 10.8. The number of phenols is 1. The number of amides is 1. The van der Waals surface area contributed by atoms with E-state index >= 15 is 0 Å². The molecule has 6 heteroatoms. The zero-order valence-corrected chi connectivity index (χ0v) is 16.6. The second kappa shape index (κ2) is 9.71. The summed E-state index contributed by atoms with van der Waals surface area (Å²) in [5.41, 5.74) is 5.11. The number of nitrogens with one attached hydrogen (secondary N) is 1. The van der Waals surface area contributed by atoms with E-state index in [4.69, 9.17) is 4.74 Å². The van der Waals surface area contributed by atoms with Crippen LogP contribution in [0.5, 0.6) is 11.5 Å². The first-order valence-electron chi connectivity index (χ1n) is 8.66. The Morgan fingerprint density at radius 3 is 2.57 bits per heavy atom. The molecule has 1 amide bonds. The predicted molar refractivity (Wildman–Crippen MR) is 112 cm³/mol. The Balaban J connectivity index is 1.53. The Labute approximate surface area is 171 Å². The number of halogens is 1. The monoisotopic (exact) mass is 438 g/mol. The minimum Gasteiger partial charge on any atom is -0.508 e. The smallest absolute Gasteiger partial charge is 0.244 e. The maximum Gasteiger partial charge on any atom is 0.244 e. The predicted octanol–water partition coefficient (Wildman–Crippen LogP) is 4.43. The number of carbonyl (C=O) groups is 1. The fourth-order valence-corrected chi connectivity index (χ4v) is 2.97. The maximum absolute atomic E-state index is 11.9. The van der Waals surface area contributed by atoms with Crippen molar-refractivity contribution < 1.29 is 14.6 Å². The molecule has 2 N–H and O–H groups in total. The van der Waals surface area contributed by atoms with E-state index in [-0.39, 0.29) is 18.1 Å². The van der Waals surface area contributed by atoms with E-state index in [0.717, 1.165) is 21.3 Å². The van der Waals surface area contributed by atoms with Gasteiger partial charge in [0.05, 0.1) is 12.6 Å². The van der Waals surface area contributed by atoms with Crippen LogP contribution in [0.15, 0.2) is 82.4 Å². The van der Waals surface area contributed by atoms with Crippen LogP contribution in [-0.2, 0) is 17.8 Å². The summed E-state index contributed by atoms with van der Waals surface area (Å²) in [4.78, 5) is 11.9. The summed E-state index contributed by atoms with van der Waals surface area (Å²) in [6.45, 7) is 0.492. The van der Waals surface area contributed by atoms with E-state index < -0.39 is 0 Å². The number of benzene rings is 3. The molecule has 3 aromatic rings. The third-order valence-corrected chi connectivity index (χ3v) is 4.58. The number of hydrazone groups is 1. The van der Waals surface area contributed by atoms with Crippen molar-refractivity contribution in [1.82, 2.24) is 5.43 Å². The minimum absolute atomic E-state index is 0.132. The van der Waals surface area contributed by atoms with E-state index in [1.165, 1.54) is 0 Å². The summed E-state index contributed by atoms with van der Waals surface area (Å²) in [6.07, 6.45) is 1.70. The Kier molecular flexibility index (Phi) is 6.81. The number of carbonyl (C=O) groups excluding carboxylic acids is 1. The molecule has 0 aliphatic rings. The molecule has 3 rings (SSSR count). The topological polar surface area (TPSA) is 70.9 Å². The van der Waals surface area contributed by atoms with Gasteiger partial charge in [-0.15, -0.1) is 0 Å². The summed E-state index contributed by atoms with van der Waals surface area (Å²) < 4.78 is 6.59. The van der Waals surface area contributed by atoms with E-state index in [1.54, 1.807) is 30.5 Å². The second-order valence-electron chi connectivity index (χ2n) is 6.10. The van der Waals surface area contributed by atoms with Crippen LogP contribution >= 0.6 is 15.9 Å². The van der Waals surface area contributed by atoms with Gasteiger partial charge in [0.15, 0.2) is 0 Å². The van der Waals surface area contributed by atoms with Gasteiger partial charge in [0.1, 0.15) is 18.1 Å². The van der Waals surface area contributed by atoms with Crippen LogP contribution in [-0.4, -0.2) is 17.2 Å². The van der Waals surface area contributed by atoms with E-state index in [2.05, 4.69) is 26.5 Å². The summed E-state index contributed by atoms with van der Waals surface area (Å²) in [6, 6.07) is 22.1. The zero-order chi connectivity index (χ0) is 19.8. The van der Waals surface area contributed by atoms with Gasteiger partial charge in [-0.25, -0.2) is 5.43 Å². The van der Waals surface area contributed by atoms with Crippen molar-refractivity contribution >= 4 is 28.1 Å². The largest absolute Gasteiger partial charge is 0.508 e. The van der Waals surface area contributed by atoms with Crippen molar-refractivity contribution in [1.29, 1.82) is 0 Å². The van der Waals surface area contributed by atoms with Crippen LogP contribution < -0.4 is 10.2 Å². The molecule has 0 radical (unpaired) electrons. The van der Waals surface area contributed by atoms with Crippen molar-refractivity contribution in [2.75, 3.05) is 0 Å². The average molecular weight is 439 g/mol. The molecule has 0 saturated carbocycles. The molecule has 0 fully saturated rings. The van der Waals surface area contributed by atoms with Gasteiger partial charge in [-0.2, -0.15) is 5.10 Å². The summed E-state index contributed by atoms with van der Waals surface area (Å²) in [5, 5.41) is 13.4. The standard InChI is InChI=1S/C22H19BrN2O3/c23-21-13-20(28-15-16-5-2-1-3-6-16)10-9-18(21)14-24-25-22(27)12-17-7-4-8-19(26)11-17/h1-11,13-14,26H,12,15H2,(H,25,27). The molecule has 0 aromatic heterocycles. The summed E-state index contributed by atoms with van der Waals surface area (Å²) in [7, 11) is 0. The SMILES string of the molecule is O=C(Cc1cccc(O)c1)NN=Cc1ccc(OCc2ccccc2)cc1Br. The number of phenolic OH excluding ortho intramolecular Hbond substituents is 1. The Hall–Kier alpha value is -3.12. The number of rotatable bonds is 7. The van der Waals surface area contributed by atoms with Crippen LogP contribution in [0.25, 0.3) is 0 Å². The average Bonchev–Trinajstić information content (AvgIpc) is 2.69. The summed E-state index contributed by atoms with van der Waals surface area (Å²) in [5.74, 6) is 0.605. The molecule has 0 atom stereocenters. The lowest BCUT2D eigenvalue weighted by molar-refractivity contribution is -0.120. The van der Waals surface area contributed by atoms with Crippen LogP contribution in [0, 0.1) is 0 Å². The van der Waals surface area contributed by atoms with Crippen LogP contribution in [0.3, 0.4) is 0 Å². The fraction of sp³-hybridized carbons (Fsp3) is 0.0909. The maximum atomic E-state index is 11.9. The number of nitrogens with zero attached hydrogens (tertiary/aromatic N) is 1. The van der Waals surface area contributed by atoms with Crippen molar-refractivity contribution in [3.05, 3.63) is 94.0 Å². The van der Waals surface area contributed by atoms with Crippen molar-refractivity contribution in [2.45, 2.75) is 13.0 Å². The molecular formula is C22H19BrN2O3. The minimum atomic E-state index is -0.263. The molecule has 28 heavy (non-hydrogen) atoms. The Morgan fingerprint density at radius 2 is 1.82 bits per heavy atom. The van der Waals surface area contributed by atoms with E-state index in [1.807, 2.05) is 48.5 Å². The molecule has 5 nitrogen and oxygen atoms in total. The van der Waals surface area contributed by atoms with Crippen molar-refractivity contribution in [3.8, 4) is 11.5 Å². The van der Waals surface area contributed by atoms with Crippen molar-refractivity contribution in [2.24, 2.45) is 5.10 Å². The molecule has 0 saturated heterocycles. The molecular weight excluding hydrogens is 420 g/mol. The molecule has 142 valence electrons. The lowest BCUT2D eigenvalue weighted by atomic mass is 10.1. The highest BCUT2D eigenvalue weighted by atomic mass is 79.9. The molecule has 0 heterocycles. The lowest BCUT2D eigenvalue weighted by Gasteiger charge is -2.08. The molecule has 0 unspecified atom stereocenters. The van der Waals surface area contributed by atoms with Gasteiger partial charge in [-0.1, -0.05) is 42.5 Å². The second-order valence-corrected chi connectivity index (χ2v) is 6.95. The van der Waals surface area contributed by atoms with Gasteiger partial charge < -0.3 is 9.84 Å². The third-order valence-electron chi connectivity index (χ3n) is 3.89. The highest BCUT2D eigenvalue weighted by Crippen LogP contribution is 2.22. The Bertz CT molecular complexity index is 975. The van der Waals surface area contributed by atoms with Gasteiger partial charge in [0, 0.05) is 10.0 Å². The first kappa shape index (κ1) is 19.6. The molecule has 0 spiro atoms. The lowest BCUT2D eigenvalue weighted by Crippen LogP contribution is -2.19. The highest BCUT2D eigenvalue weighted by molar-refractivity contribution is 9.10. The van der Waals surface area contributed by atoms with Crippen LogP contribution in [0.4, 0.5) is 0 Å². The van der Waals surface area contributed by atoms with E-state index in [0.29, 0.717) is 12.2 Å². The summed E-state index contributed by atoms with van der Waals surface area (Å²) >= 11 is 3.49. The first-order chi connectivity index (χ1) is 13.6. The number of hydrogen-bond donors (Lipinski definition) is 2. The number of hydrogen-bond acceptors (Lipinski definition) is 4. The quantitative estimate of drug-likeness (QED) is 0.423. The van der Waals surface area contributed by atoms with Gasteiger partial charge in [0.2, 0.25) is 5.91 Å². The molecule has 0 aliphatic carbocycles. The number of ether oxygens (including phenoxy) is 1. The third kappa shape index (κ3) is 5.96. The van der Waals surface area contributed by atoms with Gasteiger partial charge in [0.25, 0.3) is 0 Å². The van der Waals surface area contributed by atoms with Gasteiger partial charge >= 0.3 is 0 Å². The van der Waals surface area contributed by atoms with Gasteiger partial charge in [-0.3, -0.25) is 4.79 Å². The van der Waals surface area contributed by atoms with Crippen LogP contribution in [0.2, 0.25) is 0 Å². The van der Waals surface area contributed by atoms with Gasteiger partial charge in [-0.05, 0) is 57.4 Å². The molecule has 3 aromatic carbocycles.